The summed E-state index contributed by atoms with van der Waals surface area (Å²) in [5.41, 5.74) is 3.82. The van der Waals surface area contributed by atoms with E-state index in [0.717, 1.165) is 54.0 Å². The van der Waals surface area contributed by atoms with Crippen LogP contribution in [0.25, 0.3) is 11.4 Å². The number of benzene rings is 2. The fraction of sp³-hybridized carbons (Fsp3) is 0.269. The summed E-state index contributed by atoms with van der Waals surface area (Å²) < 4.78 is 2.85. The average Bonchev–Trinajstić information content (AvgIpc) is 3.14. The van der Waals surface area contributed by atoms with Gasteiger partial charge < -0.3 is 10.4 Å². The van der Waals surface area contributed by atoms with Crippen LogP contribution in [0.2, 0.25) is 0 Å². The number of nitrogens with one attached hydrogen (secondary N) is 1. The molecule has 2 heterocycles. The zero-order chi connectivity index (χ0) is 22.5. The fourth-order valence-corrected chi connectivity index (χ4v) is 4.33. The molecule has 0 radical (unpaired) electrons. The van der Waals surface area contributed by atoms with Gasteiger partial charge in [-0.05, 0) is 59.0 Å². The molecule has 2 N–H and O–H groups in total. The van der Waals surface area contributed by atoms with E-state index in [4.69, 9.17) is 0 Å². The van der Waals surface area contributed by atoms with Gasteiger partial charge in [0.05, 0.1) is 16.4 Å². The quantitative estimate of drug-likeness (QED) is 0.432. The van der Waals surface area contributed by atoms with Crippen molar-refractivity contribution in [2.75, 3.05) is 13.1 Å². The first-order chi connectivity index (χ1) is 15.5. The molecule has 0 spiro atoms. The molecule has 1 aromatic heterocycles. The largest absolute Gasteiger partial charge is 0.507 e. The number of phenols is 1. The molecule has 166 valence electrons. The Morgan fingerprint density at radius 1 is 1.16 bits per heavy atom. The second-order valence-corrected chi connectivity index (χ2v) is 9.10. The third kappa shape index (κ3) is 5.31. The van der Waals surface area contributed by atoms with Crippen LogP contribution in [0.4, 0.5) is 0 Å². The van der Waals surface area contributed by atoms with Crippen LogP contribution < -0.4 is 5.32 Å². The van der Waals surface area contributed by atoms with Gasteiger partial charge >= 0.3 is 0 Å². The summed E-state index contributed by atoms with van der Waals surface area (Å²) in [5, 5.41) is 18.5. The second-order valence-electron chi connectivity index (χ2n) is 8.24. The first-order valence-electron chi connectivity index (χ1n) is 10.9. The smallest absolute Gasteiger partial charge is 0.128 e. The lowest BCUT2D eigenvalue weighted by molar-refractivity contribution is 0.197. The van der Waals surface area contributed by atoms with Gasteiger partial charge in [0.15, 0.2) is 0 Å². The van der Waals surface area contributed by atoms with Crippen molar-refractivity contribution in [2.24, 2.45) is 0 Å². The Morgan fingerprint density at radius 2 is 1.84 bits per heavy atom. The Morgan fingerprint density at radius 3 is 2.50 bits per heavy atom. The Balaban J connectivity index is 1.49. The third-order valence-corrected chi connectivity index (χ3v) is 6.71. The number of rotatable bonds is 7. The zero-order valence-electron chi connectivity index (χ0n) is 18.3. The maximum Gasteiger partial charge on any atom is 0.128 e. The van der Waals surface area contributed by atoms with E-state index >= 15 is 0 Å². The molecule has 1 aliphatic heterocycles. The molecule has 1 fully saturated rings. The van der Waals surface area contributed by atoms with Crippen LogP contribution in [-0.4, -0.2) is 38.9 Å². The Bertz CT molecular complexity index is 1100. The highest BCUT2D eigenvalue weighted by atomic mass is 79.9. The molecule has 0 bridgehead atoms. The Hall–Kier alpha value is -2.83. The van der Waals surface area contributed by atoms with Crippen molar-refractivity contribution in [3.63, 3.8) is 0 Å². The maximum atomic E-state index is 10.2. The lowest BCUT2D eigenvalue weighted by Crippen LogP contribution is -2.42. The highest BCUT2D eigenvalue weighted by Crippen LogP contribution is 2.27. The summed E-state index contributed by atoms with van der Waals surface area (Å²) >= 11 is 3.56. The molecular formula is C26H29BrN4O. The van der Waals surface area contributed by atoms with E-state index in [2.05, 4.69) is 68.2 Å². The highest BCUT2D eigenvalue weighted by Gasteiger charge is 2.21. The van der Waals surface area contributed by atoms with Gasteiger partial charge in [0.1, 0.15) is 11.6 Å². The number of aromatic nitrogens is 2. The molecule has 3 aromatic rings. The van der Waals surface area contributed by atoms with Crippen LogP contribution in [-0.2, 0) is 6.54 Å². The average molecular weight is 493 g/mol. The van der Waals surface area contributed by atoms with Crippen LogP contribution in [0.15, 0.2) is 77.9 Å². The summed E-state index contributed by atoms with van der Waals surface area (Å²) in [4.78, 5) is 2.51. The summed E-state index contributed by atoms with van der Waals surface area (Å²) in [6.45, 7) is 9.31. The van der Waals surface area contributed by atoms with Gasteiger partial charge in [-0.3, -0.25) is 4.90 Å². The molecule has 0 atom stereocenters. The summed E-state index contributed by atoms with van der Waals surface area (Å²) in [7, 11) is 0. The summed E-state index contributed by atoms with van der Waals surface area (Å²) in [5.74, 6) is 1.09. The molecule has 0 saturated carbocycles. The van der Waals surface area contributed by atoms with Gasteiger partial charge in [-0.2, -0.15) is 5.10 Å². The molecule has 1 aliphatic rings. The van der Waals surface area contributed by atoms with Gasteiger partial charge in [-0.1, -0.05) is 55.1 Å². The van der Waals surface area contributed by atoms with Crippen molar-refractivity contribution in [2.45, 2.75) is 32.4 Å². The SMILES string of the molecule is C=C(/C=C(/NC1CCN(Cc2ccccc2)CC1)n1ncc(Br)c1C)c1ccccc1O. The van der Waals surface area contributed by atoms with E-state index in [0.29, 0.717) is 11.6 Å². The molecule has 0 amide bonds. The van der Waals surface area contributed by atoms with Gasteiger partial charge in [0, 0.05) is 31.2 Å². The normalized spacial score (nSPS) is 15.6. The number of piperidine rings is 1. The van der Waals surface area contributed by atoms with E-state index in [1.54, 1.807) is 12.3 Å². The lowest BCUT2D eigenvalue weighted by Gasteiger charge is -2.33. The van der Waals surface area contributed by atoms with Gasteiger partial charge in [0.2, 0.25) is 0 Å². The number of phenolic OH excluding ortho intramolecular Hbond substituents is 1. The van der Waals surface area contributed by atoms with Gasteiger partial charge in [0.25, 0.3) is 0 Å². The van der Waals surface area contributed by atoms with E-state index < -0.39 is 0 Å². The van der Waals surface area contributed by atoms with Crippen molar-refractivity contribution in [1.29, 1.82) is 0 Å². The lowest BCUT2D eigenvalue weighted by atomic mass is 10.0. The number of hydrogen-bond donors (Lipinski definition) is 2. The van der Waals surface area contributed by atoms with Crippen LogP contribution in [0.5, 0.6) is 5.75 Å². The van der Waals surface area contributed by atoms with E-state index in [1.165, 1.54) is 5.56 Å². The van der Waals surface area contributed by atoms with E-state index in [-0.39, 0.29) is 5.75 Å². The minimum Gasteiger partial charge on any atom is -0.507 e. The number of likely N-dealkylation sites (tertiary alicyclic amines) is 1. The number of halogens is 1. The number of hydrogen-bond acceptors (Lipinski definition) is 4. The predicted octanol–water partition coefficient (Wildman–Crippen LogP) is 5.43. The topological polar surface area (TPSA) is 53.3 Å². The number of nitrogens with zero attached hydrogens (tertiary/aromatic N) is 3. The highest BCUT2D eigenvalue weighted by molar-refractivity contribution is 9.10. The maximum absolute atomic E-state index is 10.2. The minimum atomic E-state index is 0.223. The van der Waals surface area contributed by atoms with Crippen LogP contribution in [0, 0.1) is 6.92 Å². The molecule has 4 rings (SSSR count). The predicted molar refractivity (Wildman–Crippen MR) is 134 cm³/mol. The minimum absolute atomic E-state index is 0.223. The fourth-order valence-electron chi connectivity index (χ4n) is 4.07. The van der Waals surface area contributed by atoms with Crippen molar-refractivity contribution in [3.05, 3.63) is 94.7 Å². The van der Waals surface area contributed by atoms with Crippen molar-refractivity contribution in [3.8, 4) is 5.75 Å². The van der Waals surface area contributed by atoms with Crippen LogP contribution >= 0.6 is 15.9 Å². The first-order valence-corrected chi connectivity index (χ1v) is 11.7. The number of aromatic hydroxyl groups is 1. The van der Waals surface area contributed by atoms with E-state index in [9.17, 15) is 5.11 Å². The molecule has 32 heavy (non-hydrogen) atoms. The summed E-state index contributed by atoms with van der Waals surface area (Å²) in [6, 6.07) is 18.2. The van der Waals surface area contributed by atoms with Crippen molar-refractivity contribution in [1.82, 2.24) is 20.0 Å². The van der Waals surface area contributed by atoms with Crippen LogP contribution in [0.3, 0.4) is 0 Å². The second kappa shape index (κ2) is 10.2. The van der Waals surface area contributed by atoms with Crippen molar-refractivity contribution >= 4 is 27.3 Å². The molecular weight excluding hydrogens is 464 g/mol. The molecule has 6 heteroatoms. The third-order valence-electron chi connectivity index (χ3n) is 5.93. The van der Waals surface area contributed by atoms with E-state index in [1.807, 2.05) is 35.9 Å². The molecule has 2 aromatic carbocycles. The molecule has 5 nitrogen and oxygen atoms in total. The standard InChI is InChI=1S/C26H29BrN4O/c1-19(23-10-6-7-11-25(23)32)16-26(31-20(2)24(27)17-28-31)29-22-12-14-30(15-13-22)18-21-8-4-3-5-9-21/h3-11,16-17,22,29,32H,1,12-15,18H2,2H3/b26-16-. The monoisotopic (exact) mass is 492 g/mol. The zero-order valence-corrected chi connectivity index (χ0v) is 19.9. The Labute approximate surface area is 198 Å². The van der Waals surface area contributed by atoms with Gasteiger partial charge in [-0.25, -0.2) is 4.68 Å². The molecule has 0 unspecified atom stereocenters. The Kier molecular flexibility index (Phi) is 7.12. The molecule has 1 saturated heterocycles. The molecule has 0 aliphatic carbocycles. The van der Waals surface area contributed by atoms with Crippen LogP contribution in [0.1, 0.15) is 29.7 Å². The van der Waals surface area contributed by atoms with Crippen molar-refractivity contribution < 1.29 is 5.11 Å². The number of para-hydroxylation sites is 1. The number of allylic oxidation sites excluding steroid dienone is 2. The summed E-state index contributed by atoms with van der Waals surface area (Å²) in [6.07, 6.45) is 5.87. The van der Waals surface area contributed by atoms with Gasteiger partial charge in [-0.15, -0.1) is 0 Å². The first kappa shape index (κ1) is 22.4.